The van der Waals surface area contributed by atoms with Gasteiger partial charge in [-0.05, 0) is 37.6 Å². The Kier molecular flexibility index (Phi) is 5.03. The summed E-state index contributed by atoms with van der Waals surface area (Å²) in [6, 6.07) is 5.14. The molecule has 0 aliphatic carbocycles. The summed E-state index contributed by atoms with van der Waals surface area (Å²) < 4.78 is 17.5. The van der Waals surface area contributed by atoms with Crippen molar-refractivity contribution < 1.29 is 18.7 Å². The molecular weight excluding hydrogens is 249 g/mol. The molecule has 19 heavy (non-hydrogen) atoms. The first-order valence-electron chi connectivity index (χ1n) is 6.09. The van der Waals surface area contributed by atoms with E-state index < -0.39 is 23.2 Å². The van der Waals surface area contributed by atoms with Gasteiger partial charge in [-0.15, -0.1) is 0 Å². The summed E-state index contributed by atoms with van der Waals surface area (Å²) in [4.78, 5) is 23.8. The number of benzene rings is 1. The lowest BCUT2D eigenvalue weighted by atomic mass is 9.95. The number of halogens is 1. The monoisotopic (exact) mass is 267 g/mol. The molecule has 104 valence electrons. The first-order valence-corrected chi connectivity index (χ1v) is 6.09. The van der Waals surface area contributed by atoms with E-state index in [1.807, 2.05) is 6.92 Å². The summed E-state index contributed by atoms with van der Waals surface area (Å²) in [5.74, 6) is -1.34. The topological polar surface area (TPSA) is 55.4 Å². The highest BCUT2D eigenvalue weighted by atomic mass is 19.1. The van der Waals surface area contributed by atoms with Gasteiger partial charge < -0.3 is 10.1 Å². The summed E-state index contributed by atoms with van der Waals surface area (Å²) in [6.07, 6.45) is 1.18. The largest absolute Gasteiger partial charge is 0.467 e. The Bertz CT molecular complexity index is 458. The number of amides is 1. The van der Waals surface area contributed by atoms with Crippen LogP contribution in [0.1, 0.15) is 37.0 Å². The molecule has 0 aliphatic heterocycles. The van der Waals surface area contributed by atoms with Crippen LogP contribution in [0.25, 0.3) is 0 Å². The molecule has 1 unspecified atom stereocenters. The van der Waals surface area contributed by atoms with Crippen LogP contribution in [0.5, 0.6) is 0 Å². The number of rotatable bonds is 5. The van der Waals surface area contributed by atoms with E-state index in [-0.39, 0.29) is 0 Å². The highest BCUT2D eigenvalue weighted by Gasteiger charge is 2.35. The third kappa shape index (κ3) is 3.77. The lowest BCUT2D eigenvalue weighted by molar-refractivity contribution is -0.147. The molecule has 1 rings (SSSR count). The molecule has 0 spiro atoms. The van der Waals surface area contributed by atoms with Crippen molar-refractivity contribution in [2.24, 2.45) is 0 Å². The Hall–Kier alpha value is -1.91. The van der Waals surface area contributed by atoms with Gasteiger partial charge in [0.15, 0.2) is 0 Å². The number of esters is 1. The van der Waals surface area contributed by atoms with Crippen LogP contribution in [0, 0.1) is 5.82 Å². The number of methoxy groups -OCH3 is 1. The summed E-state index contributed by atoms with van der Waals surface area (Å²) in [7, 11) is 1.28. The van der Waals surface area contributed by atoms with Gasteiger partial charge in [-0.3, -0.25) is 4.79 Å². The van der Waals surface area contributed by atoms with Crippen LogP contribution in [0.15, 0.2) is 24.3 Å². The molecule has 0 saturated carbocycles. The van der Waals surface area contributed by atoms with Gasteiger partial charge in [0.2, 0.25) is 0 Å². The number of hydrogen-bond acceptors (Lipinski definition) is 3. The molecule has 0 saturated heterocycles. The molecule has 0 aromatic heterocycles. The van der Waals surface area contributed by atoms with Crippen molar-refractivity contribution in [1.82, 2.24) is 5.32 Å². The molecule has 0 bridgehead atoms. The third-order valence-electron chi connectivity index (χ3n) is 2.88. The minimum absolute atomic E-state index is 0.299. The van der Waals surface area contributed by atoms with Gasteiger partial charge in [-0.25, -0.2) is 9.18 Å². The minimum Gasteiger partial charge on any atom is -0.467 e. The van der Waals surface area contributed by atoms with E-state index in [9.17, 15) is 14.0 Å². The first-order chi connectivity index (χ1) is 8.92. The van der Waals surface area contributed by atoms with Gasteiger partial charge in [0.1, 0.15) is 11.4 Å². The van der Waals surface area contributed by atoms with Gasteiger partial charge in [0.25, 0.3) is 5.91 Å². The van der Waals surface area contributed by atoms with Crippen LogP contribution in [-0.4, -0.2) is 24.5 Å². The van der Waals surface area contributed by atoms with E-state index in [1.54, 1.807) is 6.92 Å². The van der Waals surface area contributed by atoms with Crippen LogP contribution in [0.2, 0.25) is 0 Å². The van der Waals surface area contributed by atoms with Crippen LogP contribution in [0.4, 0.5) is 4.39 Å². The highest BCUT2D eigenvalue weighted by molar-refractivity contribution is 5.97. The fraction of sp³-hybridized carbons (Fsp3) is 0.429. The molecule has 1 amide bonds. The Morgan fingerprint density at radius 1 is 1.32 bits per heavy atom. The SMILES string of the molecule is CCCC(C)(NC(=O)c1ccc(F)cc1)C(=O)OC. The minimum atomic E-state index is -1.07. The third-order valence-corrected chi connectivity index (χ3v) is 2.88. The van der Waals surface area contributed by atoms with Crippen LogP contribution in [-0.2, 0) is 9.53 Å². The summed E-state index contributed by atoms with van der Waals surface area (Å²) in [5, 5.41) is 2.64. The van der Waals surface area contributed by atoms with Crippen molar-refractivity contribution in [2.75, 3.05) is 7.11 Å². The second kappa shape index (κ2) is 6.31. The number of ether oxygens (including phenoxy) is 1. The smallest absolute Gasteiger partial charge is 0.331 e. The summed E-state index contributed by atoms with van der Waals surface area (Å²) in [6.45, 7) is 3.52. The van der Waals surface area contributed by atoms with E-state index in [4.69, 9.17) is 4.74 Å². The molecule has 1 aromatic rings. The maximum absolute atomic E-state index is 12.8. The maximum Gasteiger partial charge on any atom is 0.331 e. The Morgan fingerprint density at radius 3 is 2.37 bits per heavy atom. The molecule has 5 heteroatoms. The highest BCUT2D eigenvalue weighted by Crippen LogP contribution is 2.15. The first kappa shape index (κ1) is 15.1. The molecule has 0 heterocycles. The lowest BCUT2D eigenvalue weighted by Crippen LogP contribution is -2.52. The van der Waals surface area contributed by atoms with E-state index in [0.717, 1.165) is 6.42 Å². The number of nitrogens with one attached hydrogen (secondary N) is 1. The van der Waals surface area contributed by atoms with E-state index in [1.165, 1.54) is 31.4 Å². The predicted octanol–water partition coefficient (Wildman–Crippen LogP) is 2.29. The fourth-order valence-electron chi connectivity index (χ4n) is 1.86. The second-order valence-electron chi connectivity index (χ2n) is 4.53. The summed E-state index contributed by atoms with van der Waals surface area (Å²) >= 11 is 0. The predicted molar refractivity (Wildman–Crippen MR) is 69.2 cm³/mol. The lowest BCUT2D eigenvalue weighted by Gasteiger charge is -2.27. The zero-order valence-electron chi connectivity index (χ0n) is 11.3. The van der Waals surface area contributed by atoms with E-state index in [2.05, 4.69) is 5.32 Å². The average molecular weight is 267 g/mol. The summed E-state index contributed by atoms with van der Waals surface area (Å²) in [5.41, 5.74) is -0.776. The molecular formula is C14H18FNO3. The molecule has 1 aromatic carbocycles. The number of hydrogen-bond donors (Lipinski definition) is 1. The van der Waals surface area contributed by atoms with Gasteiger partial charge >= 0.3 is 5.97 Å². The quantitative estimate of drug-likeness (QED) is 0.833. The standard InChI is InChI=1S/C14H18FNO3/c1-4-9-14(2,13(18)19-3)16-12(17)10-5-7-11(15)8-6-10/h5-8H,4,9H2,1-3H3,(H,16,17). The van der Waals surface area contributed by atoms with Crippen molar-refractivity contribution >= 4 is 11.9 Å². The van der Waals surface area contributed by atoms with Crippen molar-refractivity contribution in [3.05, 3.63) is 35.6 Å². The molecule has 4 nitrogen and oxygen atoms in total. The van der Waals surface area contributed by atoms with Crippen molar-refractivity contribution in [1.29, 1.82) is 0 Å². The van der Waals surface area contributed by atoms with Gasteiger partial charge in [-0.2, -0.15) is 0 Å². The Balaban J connectivity index is 2.87. The normalized spacial score (nSPS) is 13.5. The molecule has 1 N–H and O–H groups in total. The van der Waals surface area contributed by atoms with Crippen LogP contribution in [0.3, 0.4) is 0 Å². The average Bonchev–Trinajstić information content (AvgIpc) is 2.38. The molecule has 1 atom stereocenters. The zero-order chi connectivity index (χ0) is 14.5. The van der Waals surface area contributed by atoms with Crippen molar-refractivity contribution in [3.8, 4) is 0 Å². The van der Waals surface area contributed by atoms with Gasteiger partial charge in [0.05, 0.1) is 7.11 Å². The Morgan fingerprint density at radius 2 is 1.89 bits per heavy atom. The number of carbonyl (C=O) groups is 2. The van der Waals surface area contributed by atoms with Crippen LogP contribution < -0.4 is 5.32 Å². The fourth-order valence-corrected chi connectivity index (χ4v) is 1.86. The molecule has 0 fully saturated rings. The second-order valence-corrected chi connectivity index (χ2v) is 4.53. The number of carbonyl (C=O) groups excluding carboxylic acids is 2. The van der Waals surface area contributed by atoms with Gasteiger partial charge in [-0.1, -0.05) is 13.3 Å². The van der Waals surface area contributed by atoms with E-state index >= 15 is 0 Å². The maximum atomic E-state index is 12.8. The molecule has 0 radical (unpaired) electrons. The van der Waals surface area contributed by atoms with Gasteiger partial charge in [0, 0.05) is 5.56 Å². The van der Waals surface area contributed by atoms with Crippen molar-refractivity contribution in [3.63, 3.8) is 0 Å². The van der Waals surface area contributed by atoms with Crippen molar-refractivity contribution in [2.45, 2.75) is 32.2 Å². The van der Waals surface area contributed by atoms with Crippen LogP contribution >= 0.6 is 0 Å². The van der Waals surface area contributed by atoms with E-state index in [0.29, 0.717) is 12.0 Å². The zero-order valence-corrected chi connectivity index (χ0v) is 11.3. The molecule has 0 aliphatic rings. The Labute approximate surface area is 112 Å².